The highest BCUT2D eigenvalue weighted by atomic mass is 32.2. The Morgan fingerprint density at radius 2 is 1.71 bits per heavy atom. The van der Waals surface area contributed by atoms with Crippen molar-refractivity contribution in [2.45, 2.75) is 84.4 Å². The predicted molar refractivity (Wildman–Crippen MR) is 176 cm³/mol. The second-order valence-electron chi connectivity index (χ2n) is 13.0. The van der Waals surface area contributed by atoms with Gasteiger partial charge in [-0.25, -0.2) is 4.79 Å². The molecular weight excluding hydrogens is 592 g/mol. The van der Waals surface area contributed by atoms with Crippen molar-refractivity contribution in [2.75, 3.05) is 0 Å². The van der Waals surface area contributed by atoms with Gasteiger partial charge in [0.05, 0.1) is 6.42 Å². The van der Waals surface area contributed by atoms with Crippen molar-refractivity contribution in [3.63, 3.8) is 0 Å². The molecule has 2 atom stereocenters. The van der Waals surface area contributed by atoms with Gasteiger partial charge in [-0.1, -0.05) is 36.4 Å². The molecule has 0 aliphatic carbocycles. The van der Waals surface area contributed by atoms with Crippen LogP contribution in [0, 0.1) is 0 Å². The Morgan fingerprint density at radius 3 is 2.40 bits per heavy atom. The maximum Gasteiger partial charge on any atom is 0.407 e. The van der Waals surface area contributed by atoms with Gasteiger partial charge in [0, 0.05) is 34.4 Å². The first kappa shape index (κ1) is 33.9. The summed E-state index contributed by atoms with van der Waals surface area (Å²) in [5.41, 5.74) is 4.07. The molecule has 0 spiro atoms. The Bertz CT molecular complexity index is 1650. The zero-order valence-electron chi connectivity index (χ0n) is 26.9. The Labute approximate surface area is 267 Å². The van der Waals surface area contributed by atoms with E-state index in [1.165, 1.54) is 0 Å². The van der Waals surface area contributed by atoms with Crippen LogP contribution < -0.4 is 14.8 Å². The summed E-state index contributed by atoms with van der Waals surface area (Å²) in [5, 5.41) is 13.0. The summed E-state index contributed by atoms with van der Waals surface area (Å²) in [5.74, 6) is 0.209. The minimum absolute atomic E-state index is 0.142. The molecule has 240 valence electrons. The number of furan rings is 1. The van der Waals surface area contributed by atoms with E-state index in [0.717, 1.165) is 27.6 Å². The summed E-state index contributed by atoms with van der Waals surface area (Å²) in [6.07, 6.45) is -0.640. The number of ether oxygens (including phenoxy) is 2. The highest BCUT2D eigenvalue weighted by Gasteiger charge is 2.29. The molecule has 4 aromatic rings. The van der Waals surface area contributed by atoms with Gasteiger partial charge < -0.3 is 28.9 Å². The molecule has 3 aromatic carbocycles. The van der Waals surface area contributed by atoms with Crippen LogP contribution in [0.1, 0.15) is 77.0 Å². The van der Waals surface area contributed by atoms with Gasteiger partial charge in [0.25, 0.3) is 0 Å². The summed E-state index contributed by atoms with van der Waals surface area (Å²) < 4.78 is 33.4. The van der Waals surface area contributed by atoms with E-state index in [4.69, 9.17) is 13.9 Å². The van der Waals surface area contributed by atoms with Gasteiger partial charge in [0.15, 0.2) is 0 Å². The van der Waals surface area contributed by atoms with Crippen LogP contribution in [0.25, 0.3) is 22.1 Å². The fraction of sp³-hybridized carbons (Fsp3) is 0.371. The van der Waals surface area contributed by atoms with E-state index >= 15 is 0 Å². The van der Waals surface area contributed by atoms with E-state index < -0.39 is 33.8 Å². The Kier molecular flexibility index (Phi) is 10.5. The number of benzene rings is 3. The number of carboxylic acid groups (broad SMARTS) is 1. The van der Waals surface area contributed by atoms with Gasteiger partial charge >= 0.3 is 12.1 Å². The average Bonchev–Trinajstić information content (AvgIpc) is 3.38. The number of para-hydroxylation sites is 1. The number of carboxylic acids is 1. The van der Waals surface area contributed by atoms with Crippen LogP contribution in [-0.4, -0.2) is 32.1 Å². The number of alkyl carbamates (subject to hydrolysis) is 1. The van der Waals surface area contributed by atoms with Crippen LogP contribution in [0.2, 0.25) is 0 Å². The molecule has 4 rings (SSSR count). The summed E-state index contributed by atoms with van der Waals surface area (Å²) in [7, 11) is 0. The molecule has 45 heavy (non-hydrogen) atoms. The van der Waals surface area contributed by atoms with Crippen molar-refractivity contribution in [1.82, 2.24) is 10.0 Å². The predicted octanol–water partition coefficient (Wildman–Crippen LogP) is 7.44. The monoisotopic (exact) mass is 634 g/mol. The first-order valence-electron chi connectivity index (χ1n) is 14.8. The lowest BCUT2D eigenvalue weighted by molar-refractivity contribution is -0.136. The number of aliphatic carboxylic acids is 1. The second-order valence-corrected chi connectivity index (χ2v) is 15.0. The molecule has 1 heterocycles. The zero-order valence-corrected chi connectivity index (χ0v) is 27.7. The van der Waals surface area contributed by atoms with Crippen LogP contribution in [0.5, 0.6) is 5.75 Å². The molecular formula is C35H42N2O7S. The number of hydrogen-bond donors (Lipinski definition) is 3. The summed E-state index contributed by atoms with van der Waals surface area (Å²) in [6.45, 7) is 13.5. The number of carbonyl (C=O) groups excluding carboxylic acids is 1. The average molecular weight is 635 g/mol. The summed E-state index contributed by atoms with van der Waals surface area (Å²) >= 11 is -1.30. The van der Waals surface area contributed by atoms with E-state index in [1.807, 2.05) is 97.0 Å². The first-order valence-corrected chi connectivity index (χ1v) is 16.0. The van der Waals surface area contributed by atoms with Crippen LogP contribution in [0.3, 0.4) is 0 Å². The number of fused-ring (bicyclic) bond motifs is 1. The van der Waals surface area contributed by atoms with E-state index in [2.05, 4.69) is 10.0 Å². The highest BCUT2D eigenvalue weighted by Crippen LogP contribution is 2.36. The lowest BCUT2D eigenvalue weighted by Crippen LogP contribution is -2.40. The largest absolute Gasteiger partial charge is 0.598 e. The molecule has 0 aliphatic heterocycles. The van der Waals surface area contributed by atoms with Crippen molar-refractivity contribution in [3.8, 4) is 16.9 Å². The van der Waals surface area contributed by atoms with E-state index in [9.17, 15) is 19.2 Å². The Hall–Kier alpha value is -3.99. The van der Waals surface area contributed by atoms with Crippen LogP contribution in [-0.2, 0) is 40.5 Å². The molecule has 3 N–H and O–H groups in total. The summed E-state index contributed by atoms with van der Waals surface area (Å²) in [4.78, 5) is 23.6. The van der Waals surface area contributed by atoms with Crippen molar-refractivity contribution in [3.05, 3.63) is 89.2 Å². The molecule has 0 aliphatic rings. The van der Waals surface area contributed by atoms with E-state index in [-0.39, 0.29) is 25.6 Å². The highest BCUT2D eigenvalue weighted by molar-refractivity contribution is 7.90. The fourth-order valence-corrected chi connectivity index (χ4v) is 5.38. The van der Waals surface area contributed by atoms with Gasteiger partial charge in [0.2, 0.25) is 0 Å². The van der Waals surface area contributed by atoms with Crippen LogP contribution >= 0.6 is 0 Å². The standard InChI is InChI=1S/C35H42N2O7S/c1-22(37-45(41)35(5,6)7)30-18-27-16-24(21-42-29-14-9-8-12-26(29)19-31(38)39)17-28(32(27)43-30)25-13-10-11-23(15-25)20-36-33(40)44-34(2,3)4/h8-18,22,37H,19-21H2,1-7H3,(H,36,40)(H,38,39). The van der Waals surface area contributed by atoms with Crippen molar-refractivity contribution in [2.24, 2.45) is 0 Å². The Balaban J connectivity index is 1.69. The number of nitrogens with one attached hydrogen (secondary N) is 2. The van der Waals surface area contributed by atoms with Gasteiger partial charge in [0.1, 0.15) is 40.1 Å². The van der Waals surface area contributed by atoms with Gasteiger partial charge in [-0.05, 0) is 95.5 Å². The molecule has 0 fully saturated rings. The molecule has 10 heteroatoms. The number of hydrogen-bond acceptors (Lipinski definition) is 7. The summed E-state index contributed by atoms with van der Waals surface area (Å²) in [6, 6.07) is 20.5. The maximum absolute atomic E-state index is 12.8. The third-order valence-corrected chi connectivity index (χ3v) is 8.42. The lowest BCUT2D eigenvalue weighted by Gasteiger charge is -2.25. The third kappa shape index (κ3) is 9.50. The molecule has 1 aromatic heterocycles. The molecule has 2 unspecified atom stereocenters. The van der Waals surface area contributed by atoms with Crippen LogP contribution in [0.15, 0.2) is 71.1 Å². The minimum atomic E-state index is -1.30. The molecule has 0 bridgehead atoms. The quantitative estimate of drug-likeness (QED) is 0.145. The van der Waals surface area contributed by atoms with E-state index in [0.29, 0.717) is 22.7 Å². The van der Waals surface area contributed by atoms with Gasteiger partial charge in [-0.3, -0.25) is 4.79 Å². The van der Waals surface area contributed by atoms with Crippen molar-refractivity contribution < 1.29 is 33.1 Å². The molecule has 0 saturated heterocycles. The van der Waals surface area contributed by atoms with Crippen LogP contribution in [0.4, 0.5) is 4.79 Å². The second kappa shape index (κ2) is 14.0. The maximum atomic E-state index is 12.8. The zero-order chi connectivity index (χ0) is 32.9. The third-order valence-electron chi connectivity index (χ3n) is 6.74. The molecule has 0 radical (unpaired) electrons. The normalized spacial score (nSPS) is 13.3. The number of carbonyl (C=O) groups is 2. The minimum Gasteiger partial charge on any atom is -0.598 e. The molecule has 9 nitrogen and oxygen atoms in total. The Morgan fingerprint density at radius 1 is 0.978 bits per heavy atom. The van der Waals surface area contributed by atoms with Crippen molar-refractivity contribution in [1.29, 1.82) is 0 Å². The smallest absolute Gasteiger partial charge is 0.407 e. The topological polar surface area (TPSA) is 133 Å². The van der Waals surface area contributed by atoms with Gasteiger partial charge in [-0.15, -0.1) is 4.72 Å². The fourth-order valence-electron chi connectivity index (χ4n) is 4.59. The lowest BCUT2D eigenvalue weighted by atomic mass is 9.98. The molecule has 0 saturated carbocycles. The first-order chi connectivity index (χ1) is 21.1. The molecule has 1 amide bonds. The SMILES string of the molecule is CC(N[S+]([O-])C(C)(C)C)c1cc2cc(COc3ccccc3CC(=O)O)cc(-c3cccc(CNC(=O)OC(C)(C)C)c3)c2o1. The van der Waals surface area contributed by atoms with Crippen molar-refractivity contribution >= 4 is 34.4 Å². The van der Waals surface area contributed by atoms with E-state index in [1.54, 1.807) is 18.2 Å². The number of rotatable bonds is 11. The van der Waals surface area contributed by atoms with Gasteiger partial charge in [-0.2, -0.15) is 0 Å². The number of amides is 1.